The minimum absolute atomic E-state index is 0.00465. The highest BCUT2D eigenvalue weighted by molar-refractivity contribution is 5.99. The third-order valence-electron chi connectivity index (χ3n) is 8.92. The SMILES string of the molecule is C=CCN(Cc1ccccc1)C(=O)[C@@H]1[C@H]2C(=O)N(CCO)C(C(=O)N(CC=C)C(C)(C)C)C23CC(C)[C@@]1(C)O3. The van der Waals surface area contributed by atoms with Crippen molar-refractivity contribution in [2.45, 2.75) is 70.4 Å². The highest BCUT2D eigenvalue weighted by Crippen LogP contribution is 2.65. The van der Waals surface area contributed by atoms with Crippen molar-refractivity contribution >= 4 is 17.7 Å². The van der Waals surface area contributed by atoms with Gasteiger partial charge >= 0.3 is 0 Å². The molecule has 3 aliphatic rings. The number of aliphatic hydroxyl groups is 1. The van der Waals surface area contributed by atoms with Crippen molar-refractivity contribution in [1.82, 2.24) is 14.7 Å². The van der Waals surface area contributed by atoms with Crippen molar-refractivity contribution in [2.24, 2.45) is 17.8 Å². The van der Waals surface area contributed by atoms with Gasteiger partial charge in [-0.2, -0.15) is 0 Å². The third kappa shape index (κ3) is 4.61. The fourth-order valence-electron chi connectivity index (χ4n) is 7.10. The Morgan fingerprint density at radius 2 is 1.79 bits per heavy atom. The number of nitrogens with zero attached hydrogens (tertiary/aromatic N) is 3. The topological polar surface area (TPSA) is 90.4 Å². The molecule has 6 atom stereocenters. The predicted molar refractivity (Wildman–Crippen MR) is 149 cm³/mol. The zero-order chi connectivity index (χ0) is 28.8. The number of rotatable bonds is 10. The predicted octanol–water partition coefficient (Wildman–Crippen LogP) is 3.02. The molecule has 8 heteroatoms. The van der Waals surface area contributed by atoms with Gasteiger partial charge in [0.05, 0.1) is 24.0 Å². The molecule has 0 radical (unpaired) electrons. The number of likely N-dealkylation sites (tertiary alicyclic amines) is 1. The summed E-state index contributed by atoms with van der Waals surface area (Å²) in [5, 5.41) is 9.91. The average Bonchev–Trinajstić information content (AvgIpc) is 3.38. The molecule has 3 amide bonds. The van der Waals surface area contributed by atoms with E-state index in [1.54, 1.807) is 22.0 Å². The van der Waals surface area contributed by atoms with Crippen LogP contribution in [-0.2, 0) is 25.7 Å². The first kappa shape index (κ1) is 29.0. The maximum Gasteiger partial charge on any atom is 0.249 e. The molecule has 1 aromatic carbocycles. The Labute approximate surface area is 232 Å². The van der Waals surface area contributed by atoms with Crippen molar-refractivity contribution in [3.8, 4) is 0 Å². The van der Waals surface area contributed by atoms with Gasteiger partial charge in [0.1, 0.15) is 11.6 Å². The molecule has 3 fully saturated rings. The number of carbonyl (C=O) groups is 3. The number of fused-ring (bicyclic) bond motifs is 1. The summed E-state index contributed by atoms with van der Waals surface area (Å²) in [5.74, 6) is -2.38. The van der Waals surface area contributed by atoms with E-state index in [1.807, 2.05) is 65.0 Å². The number of benzene rings is 1. The number of hydrogen-bond donors (Lipinski definition) is 1. The number of carbonyl (C=O) groups excluding carboxylic acids is 3. The Morgan fingerprint density at radius 3 is 2.36 bits per heavy atom. The molecule has 1 spiro atoms. The first-order valence-corrected chi connectivity index (χ1v) is 13.8. The Bertz CT molecular complexity index is 1130. The smallest absolute Gasteiger partial charge is 0.249 e. The maximum absolute atomic E-state index is 14.4. The standard InChI is InChI=1S/C31H43N3O5/c1-8-15-32(20-22-13-11-10-12-14-22)26(36)23-24-27(37)33(17-18-35)25(28(38)34(16-9-2)29(4,5)6)31(24)19-21(3)30(23,7)39-31/h8-14,21,23-25,35H,1-2,15-20H2,3-7H3/t21?,23-,24-,25?,30+,31?/m0/s1. The van der Waals surface area contributed by atoms with Crippen LogP contribution < -0.4 is 0 Å². The van der Waals surface area contributed by atoms with Gasteiger partial charge in [-0.15, -0.1) is 13.2 Å². The van der Waals surface area contributed by atoms with Crippen LogP contribution in [0.25, 0.3) is 0 Å². The molecule has 1 aromatic rings. The van der Waals surface area contributed by atoms with Crippen LogP contribution >= 0.6 is 0 Å². The minimum Gasteiger partial charge on any atom is -0.395 e. The Morgan fingerprint density at radius 1 is 1.15 bits per heavy atom. The van der Waals surface area contributed by atoms with Crippen LogP contribution in [0, 0.1) is 17.8 Å². The second-order valence-corrected chi connectivity index (χ2v) is 12.4. The van der Waals surface area contributed by atoms with E-state index in [4.69, 9.17) is 4.74 Å². The molecule has 3 heterocycles. The van der Waals surface area contributed by atoms with Gasteiger partial charge in [-0.3, -0.25) is 14.4 Å². The molecule has 212 valence electrons. The second kappa shape index (κ2) is 10.5. The monoisotopic (exact) mass is 537 g/mol. The molecule has 0 aromatic heterocycles. The van der Waals surface area contributed by atoms with E-state index in [2.05, 4.69) is 13.2 Å². The van der Waals surface area contributed by atoms with Gasteiger partial charge in [0.2, 0.25) is 17.7 Å². The summed E-state index contributed by atoms with van der Waals surface area (Å²) in [6, 6.07) is 8.77. The van der Waals surface area contributed by atoms with E-state index in [0.717, 1.165) is 5.56 Å². The van der Waals surface area contributed by atoms with Gasteiger partial charge in [0.25, 0.3) is 0 Å². The van der Waals surface area contributed by atoms with E-state index in [0.29, 0.717) is 26.1 Å². The van der Waals surface area contributed by atoms with Gasteiger partial charge in [0.15, 0.2) is 0 Å². The van der Waals surface area contributed by atoms with Gasteiger partial charge in [-0.1, -0.05) is 49.4 Å². The zero-order valence-electron chi connectivity index (χ0n) is 23.9. The van der Waals surface area contributed by atoms with E-state index >= 15 is 0 Å². The summed E-state index contributed by atoms with van der Waals surface area (Å²) >= 11 is 0. The third-order valence-corrected chi connectivity index (χ3v) is 8.92. The van der Waals surface area contributed by atoms with Crippen LogP contribution in [0.3, 0.4) is 0 Å². The van der Waals surface area contributed by atoms with Crippen molar-refractivity contribution < 1.29 is 24.2 Å². The van der Waals surface area contributed by atoms with Gasteiger partial charge in [-0.25, -0.2) is 0 Å². The first-order valence-electron chi connectivity index (χ1n) is 13.8. The Balaban J connectivity index is 1.79. The molecule has 0 saturated carbocycles. The lowest BCUT2D eigenvalue weighted by Crippen LogP contribution is -2.60. The Kier molecular flexibility index (Phi) is 7.85. The average molecular weight is 538 g/mol. The van der Waals surface area contributed by atoms with Crippen molar-refractivity contribution in [3.63, 3.8) is 0 Å². The fraction of sp³-hybridized carbons (Fsp3) is 0.581. The lowest BCUT2D eigenvalue weighted by atomic mass is 9.62. The molecule has 4 rings (SSSR count). The highest BCUT2D eigenvalue weighted by atomic mass is 16.5. The van der Waals surface area contributed by atoms with Gasteiger partial charge in [-0.05, 0) is 45.6 Å². The van der Waals surface area contributed by atoms with Crippen LogP contribution in [0.1, 0.15) is 46.6 Å². The lowest BCUT2D eigenvalue weighted by molar-refractivity contribution is -0.157. The molecular formula is C31H43N3O5. The summed E-state index contributed by atoms with van der Waals surface area (Å²) in [4.78, 5) is 47.7. The molecule has 3 unspecified atom stereocenters. The van der Waals surface area contributed by atoms with E-state index < -0.39 is 34.6 Å². The highest BCUT2D eigenvalue weighted by Gasteiger charge is 2.80. The van der Waals surface area contributed by atoms with Crippen molar-refractivity contribution in [1.29, 1.82) is 0 Å². The van der Waals surface area contributed by atoms with E-state index in [1.165, 1.54) is 4.90 Å². The molecule has 0 aliphatic carbocycles. The number of aliphatic hydroxyl groups excluding tert-OH is 1. The normalized spacial score (nSPS) is 31.2. The van der Waals surface area contributed by atoms with Crippen LogP contribution in [0.2, 0.25) is 0 Å². The summed E-state index contributed by atoms with van der Waals surface area (Å²) < 4.78 is 6.83. The second-order valence-electron chi connectivity index (χ2n) is 12.4. The first-order chi connectivity index (χ1) is 18.4. The summed E-state index contributed by atoms with van der Waals surface area (Å²) in [7, 11) is 0. The van der Waals surface area contributed by atoms with E-state index in [-0.39, 0.29) is 36.8 Å². The number of β-amino-alcohol motifs (C(OH)–C–C–N with tert-alkyl or cyclic N) is 1. The molecule has 3 saturated heterocycles. The summed E-state index contributed by atoms with van der Waals surface area (Å²) in [6.45, 7) is 18.2. The van der Waals surface area contributed by atoms with Gasteiger partial charge in [0, 0.05) is 31.7 Å². The van der Waals surface area contributed by atoms with Crippen molar-refractivity contribution in [3.05, 3.63) is 61.2 Å². The quantitative estimate of drug-likeness (QED) is 0.464. The van der Waals surface area contributed by atoms with Crippen LogP contribution in [-0.4, -0.2) is 86.6 Å². The number of amides is 3. The van der Waals surface area contributed by atoms with Crippen molar-refractivity contribution in [2.75, 3.05) is 26.2 Å². The largest absolute Gasteiger partial charge is 0.395 e. The van der Waals surface area contributed by atoms with Crippen LogP contribution in [0.15, 0.2) is 55.6 Å². The molecule has 1 N–H and O–H groups in total. The summed E-state index contributed by atoms with van der Waals surface area (Å²) in [6.07, 6.45) is 3.84. The van der Waals surface area contributed by atoms with Crippen LogP contribution in [0.5, 0.6) is 0 Å². The fourth-order valence-corrected chi connectivity index (χ4v) is 7.10. The molecule has 2 bridgehead atoms. The molecule has 8 nitrogen and oxygen atoms in total. The van der Waals surface area contributed by atoms with E-state index in [9.17, 15) is 19.5 Å². The zero-order valence-corrected chi connectivity index (χ0v) is 23.9. The minimum atomic E-state index is -1.16. The Hall–Kier alpha value is -2.97. The number of hydrogen-bond acceptors (Lipinski definition) is 5. The number of ether oxygens (including phenoxy) is 1. The maximum atomic E-state index is 14.4. The summed E-state index contributed by atoms with van der Waals surface area (Å²) in [5.41, 5.74) is -1.63. The molecule has 3 aliphatic heterocycles. The molecule has 39 heavy (non-hydrogen) atoms. The lowest BCUT2D eigenvalue weighted by Gasteiger charge is -2.42. The molecular weight excluding hydrogens is 494 g/mol. The van der Waals surface area contributed by atoms with Crippen LogP contribution in [0.4, 0.5) is 0 Å². The van der Waals surface area contributed by atoms with Gasteiger partial charge < -0.3 is 24.5 Å².